The second-order valence-electron chi connectivity index (χ2n) is 4.50. The summed E-state index contributed by atoms with van der Waals surface area (Å²) in [5.41, 5.74) is 0. The van der Waals surface area contributed by atoms with E-state index in [0.717, 1.165) is 30.0 Å². The number of aromatic nitrogens is 4. The number of hydrogen-bond acceptors (Lipinski definition) is 5. The number of piperidine rings is 1. The van der Waals surface area contributed by atoms with E-state index >= 15 is 0 Å². The number of aromatic amines is 1. The second kappa shape index (κ2) is 5.11. The smallest absolute Gasteiger partial charge is 0.475 e. The molecule has 0 radical (unpaired) electrons. The van der Waals surface area contributed by atoms with Crippen molar-refractivity contribution in [1.82, 2.24) is 25.9 Å². The number of aliphatic carboxylic acids is 1. The lowest BCUT2D eigenvalue weighted by atomic mass is 10.2. The van der Waals surface area contributed by atoms with Crippen molar-refractivity contribution in [2.75, 3.05) is 13.1 Å². The first-order valence-electron chi connectivity index (χ1n) is 5.63. The zero-order valence-corrected chi connectivity index (χ0v) is 9.68. The Morgan fingerprint density at radius 2 is 1.95 bits per heavy atom. The van der Waals surface area contributed by atoms with Crippen LogP contribution in [0.4, 0.5) is 13.2 Å². The topological polar surface area (TPSA) is 104 Å². The summed E-state index contributed by atoms with van der Waals surface area (Å²) in [4.78, 5) is 8.90. The van der Waals surface area contributed by atoms with Gasteiger partial charge in [-0.05, 0) is 41.3 Å². The first-order valence-corrected chi connectivity index (χ1v) is 5.63. The lowest BCUT2D eigenvalue weighted by Crippen LogP contribution is -2.21. The fourth-order valence-corrected chi connectivity index (χ4v) is 2.34. The molecule has 3 rings (SSSR count). The van der Waals surface area contributed by atoms with Crippen LogP contribution in [-0.4, -0.2) is 51.0 Å². The van der Waals surface area contributed by atoms with E-state index in [4.69, 9.17) is 9.90 Å². The zero-order valence-electron chi connectivity index (χ0n) is 9.68. The molecular formula is C9H12F3N5O2. The molecule has 10 heteroatoms. The summed E-state index contributed by atoms with van der Waals surface area (Å²) in [5, 5.41) is 24.3. The standard InChI is InChI=1S/C7H11N5.C2HF3O2/c1(7-9-11-12-10-7)4-5-2-8-3-6(4)5;3-2(4,5)1(6)7/h4-6,8H,1-3H2,(H,9,10,11,12);(H,6,7)/t4-,5-,6+;. The fraction of sp³-hybridized carbons (Fsp3) is 0.778. The summed E-state index contributed by atoms with van der Waals surface area (Å²) >= 11 is 0. The van der Waals surface area contributed by atoms with E-state index < -0.39 is 12.1 Å². The molecule has 1 aromatic rings. The van der Waals surface area contributed by atoms with E-state index in [0.29, 0.717) is 0 Å². The first-order chi connectivity index (χ1) is 8.89. The number of alkyl halides is 3. The van der Waals surface area contributed by atoms with Crippen molar-refractivity contribution in [2.45, 2.75) is 12.6 Å². The molecule has 0 unspecified atom stereocenters. The lowest BCUT2D eigenvalue weighted by Gasteiger charge is -1.99. The predicted octanol–water partition coefficient (Wildman–Crippen LogP) is -0.159. The third-order valence-electron chi connectivity index (χ3n) is 3.33. The Bertz CT molecular complexity index is 426. The van der Waals surface area contributed by atoms with Crippen LogP contribution in [0.3, 0.4) is 0 Å². The number of halogens is 3. The summed E-state index contributed by atoms with van der Waals surface area (Å²) < 4.78 is 31.7. The van der Waals surface area contributed by atoms with Crippen molar-refractivity contribution in [3.63, 3.8) is 0 Å². The van der Waals surface area contributed by atoms with E-state index in [-0.39, 0.29) is 0 Å². The third-order valence-corrected chi connectivity index (χ3v) is 3.33. The number of H-pyrrole nitrogens is 1. The minimum Gasteiger partial charge on any atom is -0.475 e. The van der Waals surface area contributed by atoms with Crippen molar-refractivity contribution < 1.29 is 23.1 Å². The normalized spacial score (nSPS) is 28.3. The number of carboxylic acid groups (broad SMARTS) is 1. The largest absolute Gasteiger partial charge is 0.490 e. The number of carboxylic acids is 1. The molecule has 7 nitrogen and oxygen atoms in total. The molecule has 3 N–H and O–H groups in total. The Kier molecular flexibility index (Phi) is 3.69. The van der Waals surface area contributed by atoms with Gasteiger partial charge in [-0.15, -0.1) is 5.10 Å². The SMILES string of the molecule is C1NC[C@H]2[C@@H]1[C@@H]2Cc1nnn[nH]1.O=C(O)C(F)(F)F. The second-order valence-corrected chi connectivity index (χ2v) is 4.50. The number of carbonyl (C=O) groups is 1. The van der Waals surface area contributed by atoms with Crippen LogP contribution in [-0.2, 0) is 11.2 Å². The van der Waals surface area contributed by atoms with Gasteiger partial charge in [0.05, 0.1) is 0 Å². The third kappa shape index (κ3) is 3.40. The van der Waals surface area contributed by atoms with Gasteiger partial charge in [-0.3, -0.25) is 0 Å². The molecule has 2 fully saturated rings. The summed E-state index contributed by atoms with van der Waals surface area (Å²) in [5.74, 6) is 0.813. The van der Waals surface area contributed by atoms with Crippen molar-refractivity contribution in [3.05, 3.63) is 5.82 Å². The number of rotatable bonds is 2. The van der Waals surface area contributed by atoms with Gasteiger partial charge in [0.15, 0.2) is 0 Å². The van der Waals surface area contributed by atoms with Crippen molar-refractivity contribution >= 4 is 5.97 Å². The Labute approximate surface area is 105 Å². The highest BCUT2D eigenvalue weighted by Crippen LogP contribution is 2.49. The van der Waals surface area contributed by atoms with Crippen LogP contribution in [0.5, 0.6) is 0 Å². The van der Waals surface area contributed by atoms with Gasteiger partial charge in [0.1, 0.15) is 5.82 Å². The van der Waals surface area contributed by atoms with E-state index in [9.17, 15) is 13.2 Å². The van der Waals surface area contributed by atoms with Crippen molar-refractivity contribution in [1.29, 1.82) is 0 Å². The van der Waals surface area contributed by atoms with Gasteiger partial charge in [0, 0.05) is 6.42 Å². The van der Waals surface area contributed by atoms with E-state index in [1.165, 1.54) is 13.1 Å². The first kappa shape index (κ1) is 13.7. The van der Waals surface area contributed by atoms with Gasteiger partial charge in [-0.1, -0.05) is 0 Å². The van der Waals surface area contributed by atoms with Gasteiger partial charge in [0.25, 0.3) is 0 Å². The van der Waals surface area contributed by atoms with Gasteiger partial charge < -0.3 is 10.4 Å². The minimum atomic E-state index is -5.08. The molecule has 1 aliphatic heterocycles. The average Bonchev–Trinajstić information content (AvgIpc) is 2.78. The van der Waals surface area contributed by atoms with Crippen LogP contribution in [0.2, 0.25) is 0 Å². The molecule has 19 heavy (non-hydrogen) atoms. The molecule has 2 heterocycles. The van der Waals surface area contributed by atoms with E-state index in [2.05, 4.69) is 25.9 Å². The average molecular weight is 279 g/mol. The van der Waals surface area contributed by atoms with Crippen molar-refractivity contribution in [2.24, 2.45) is 17.8 Å². The Hall–Kier alpha value is -1.71. The molecule has 0 bridgehead atoms. The maximum Gasteiger partial charge on any atom is 0.490 e. The van der Waals surface area contributed by atoms with Crippen LogP contribution in [0.25, 0.3) is 0 Å². The lowest BCUT2D eigenvalue weighted by molar-refractivity contribution is -0.192. The summed E-state index contributed by atoms with van der Waals surface area (Å²) in [6, 6.07) is 0. The number of fused-ring (bicyclic) bond motifs is 1. The molecule has 0 amide bonds. The molecule has 0 spiro atoms. The molecule has 1 saturated heterocycles. The van der Waals surface area contributed by atoms with Crippen LogP contribution < -0.4 is 5.32 Å². The minimum absolute atomic E-state index is 0.834. The highest BCUT2D eigenvalue weighted by Gasteiger charge is 2.52. The zero-order chi connectivity index (χ0) is 14.0. The maximum absolute atomic E-state index is 10.6. The van der Waals surface area contributed by atoms with E-state index in [1.54, 1.807) is 0 Å². The van der Waals surface area contributed by atoms with Crippen LogP contribution in [0, 0.1) is 17.8 Å². The number of tetrazole rings is 1. The molecule has 106 valence electrons. The van der Waals surface area contributed by atoms with Crippen molar-refractivity contribution in [3.8, 4) is 0 Å². The summed E-state index contributed by atoms with van der Waals surface area (Å²) in [7, 11) is 0. The van der Waals surface area contributed by atoms with Crippen LogP contribution in [0.15, 0.2) is 0 Å². The number of nitrogens with zero attached hydrogens (tertiary/aromatic N) is 3. The quantitative estimate of drug-likeness (QED) is 0.695. The Morgan fingerprint density at radius 3 is 2.37 bits per heavy atom. The predicted molar refractivity (Wildman–Crippen MR) is 54.9 cm³/mol. The van der Waals surface area contributed by atoms with Gasteiger partial charge in [-0.25, -0.2) is 9.89 Å². The van der Waals surface area contributed by atoms with Gasteiger partial charge in [-0.2, -0.15) is 13.2 Å². The highest BCUT2D eigenvalue weighted by molar-refractivity contribution is 5.73. The molecule has 1 saturated carbocycles. The van der Waals surface area contributed by atoms with Gasteiger partial charge >= 0.3 is 12.1 Å². The van der Waals surface area contributed by atoms with E-state index in [1.807, 2.05) is 0 Å². The van der Waals surface area contributed by atoms with Crippen LogP contribution in [0.1, 0.15) is 5.82 Å². The molecule has 0 aromatic carbocycles. The monoisotopic (exact) mass is 279 g/mol. The Morgan fingerprint density at radius 1 is 1.37 bits per heavy atom. The molecule has 1 aliphatic carbocycles. The number of hydrogen-bond donors (Lipinski definition) is 3. The molecule has 2 aliphatic rings. The molecule has 1 aromatic heterocycles. The Balaban J connectivity index is 0.000000167. The van der Waals surface area contributed by atoms with Crippen LogP contribution >= 0.6 is 0 Å². The summed E-state index contributed by atoms with van der Waals surface area (Å²) in [6.07, 6.45) is -4.05. The number of nitrogens with one attached hydrogen (secondary N) is 2. The highest BCUT2D eigenvalue weighted by atomic mass is 19.4. The summed E-state index contributed by atoms with van der Waals surface area (Å²) in [6.45, 7) is 2.38. The fourth-order valence-electron chi connectivity index (χ4n) is 2.34. The molecule has 3 atom stereocenters. The molecular weight excluding hydrogens is 267 g/mol. The maximum atomic E-state index is 10.6. The van der Waals surface area contributed by atoms with Gasteiger partial charge in [0.2, 0.25) is 0 Å².